The lowest BCUT2D eigenvalue weighted by atomic mass is 9.71. The van der Waals surface area contributed by atoms with Crippen molar-refractivity contribution in [3.05, 3.63) is 94.5 Å². The van der Waals surface area contributed by atoms with Crippen LogP contribution in [0.25, 0.3) is 11.1 Å². The summed E-state index contributed by atoms with van der Waals surface area (Å²) in [7, 11) is 0. The van der Waals surface area contributed by atoms with Crippen molar-refractivity contribution in [2.45, 2.75) is 91.9 Å². The number of carbonyl (C=O) groups is 3. The second-order valence-electron chi connectivity index (χ2n) is 12.2. The van der Waals surface area contributed by atoms with E-state index < -0.39 is 0 Å². The topological polar surface area (TPSA) is 51.2 Å². The largest absolute Gasteiger partial charge is 0.300 e. The second kappa shape index (κ2) is 14.5. The van der Waals surface area contributed by atoms with Gasteiger partial charge in [-0.1, -0.05) is 93.4 Å². The van der Waals surface area contributed by atoms with E-state index in [9.17, 15) is 14.4 Å². The van der Waals surface area contributed by atoms with Crippen molar-refractivity contribution in [2.75, 3.05) is 0 Å². The van der Waals surface area contributed by atoms with Crippen molar-refractivity contribution >= 4 is 17.3 Å². The molecule has 0 saturated heterocycles. The molecule has 1 aliphatic rings. The number of benzene rings is 3. The molecule has 3 aromatic carbocycles. The SMILES string of the molecule is CCCC(CC1CC(=O)c2c(C)ccc(-c3cccc(CCCc4ccccc4)c3)c2C1)C(CC)C(=O)CC(C)=O. The average Bonchev–Trinajstić information content (AvgIpc) is 2.94. The van der Waals surface area contributed by atoms with Gasteiger partial charge in [-0.2, -0.15) is 0 Å². The van der Waals surface area contributed by atoms with E-state index in [-0.39, 0.29) is 41.5 Å². The monoisotopic (exact) mass is 550 g/mol. The first-order valence-corrected chi connectivity index (χ1v) is 15.6. The summed E-state index contributed by atoms with van der Waals surface area (Å²) in [6, 6.07) is 23.8. The zero-order chi connectivity index (χ0) is 29.4. The number of aryl methyl sites for hydroxylation is 3. The van der Waals surface area contributed by atoms with Crippen LogP contribution in [-0.4, -0.2) is 17.3 Å². The summed E-state index contributed by atoms with van der Waals surface area (Å²) in [5.74, 6) is 0.542. The quantitative estimate of drug-likeness (QED) is 0.188. The van der Waals surface area contributed by atoms with Crippen LogP contribution in [0.4, 0.5) is 0 Å². The molecule has 3 nitrogen and oxygen atoms in total. The van der Waals surface area contributed by atoms with Crippen LogP contribution in [0, 0.1) is 24.7 Å². The van der Waals surface area contributed by atoms with E-state index in [0.717, 1.165) is 62.5 Å². The Balaban J connectivity index is 1.56. The molecule has 0 fully saturated rings. The first-order valence-electron chi connectivity index (χ1n) is 15.6. The maximum atomic E-state index is 13.6. The minimum atomic E-state index is -0.111. The van der Waals surface area contributed by atoms with Gasteiger partial charge in [0.2, 0.25) is 0 Å². The molecule has 216 valence electrons. The summed E-state index contributed by atoms with van der Waals surface area (Å²) in [5, 5.41) is 0. The van der Waals surface area contributed by atoms with Gasteiger partial charge in [-0.15, -0.1) is 0 Å². The Morgan fingerprint density at radius 1 is 0.902 bits per heavy atom. The highest BCUT2D eigenvalue weighted by Crippen LogP contribution is 2.40. The Labute approximate surface area is 246 Å². The number of hydrogen-bond acceptors (Lipinski definition) is 3. The molecule has 3 unspecified atom stereocenters. The molecule has 0 radical (unpaired) electrons. The summed E-state index contributed by atoms with van der Waals surface area (Å²) >= 11 is 0. The number of carbonyl (C=O) groups excluding carboxylic acids is 3. The van der Waals surface area contributed by atoms with Gasteiger partial charge in [-0.3, -0.25) is 14.4 Å². The lowest BCUT2D eigenvalue weighted by Gasteiger charge is -2.32. The van der Waals surface area contributed by atoms with Crippen molar-refractivity contribution in [2.24, 2.45) is 17.8 Å². The lowest BCUT2D eigenvalue weighted by molar-refractivity contribution is -0.129. The summed E-state index contributed by atoms with van der Waals surface area (Å²) in [5.41, 5.74) is 8.17. The average molecular weight is 551 g/mol. The highest BCUT2D eigenvalue weighted by Gasteiger charge is 2.34. The maximum absolute atomic E-state index is 13.6. The third-order valence-corrected chi connectivity index (χ3v) is 8.92. The van der Waals surface area contributed by atoms with E-state index >= 15 is 0 Å². The summed E-state index contributed by atoms with van der Waals surface area (Å²) in [6.07, 6.45) is 8.14. The molecule has 0 aliphatic heterocycles. The van der Waals surface area contributed by atoms with E-state index in [1.807, 2.05) is 6.92 Å². The van der Waals surface area contributed by atoms with Gasteiger partial charge in [-0.05, 0) is 97.6 Å². The fourth-order valence-corrected chi connectivity index (χ4v) is 7.05. The Morgan fingerprint density at radius 2 is 1.63 bits per heavy atom. The Kier molecular flexibility index (Phi) is 10.9. The Morgan fingerprint density at radius 3 is 2.34 bits per heavy atom. The molecule has 0 bridgehead atoms. The number of fused-ring (bicyclic) bond motifs is 1. The molecular formula is C38H46O3. The number of ketones is 3. The maximum Gasteiger partial charge on any atom is 0.163 e. The van der Waals surface area contributed by atoms with Crippen LogP contribution in [0.2, 0.25) is 0 Å². The number of Topliss-reactive ketones (excluding diaryl/α,β-unsaturated/α-hetero) is 3. The molecule has 0 heterocycles. The predicted molar refractivity (Wildman–Crippen MR) is 168 cm³/mol. The predicted octanol–water partition coefficient (Wildman–Crippen LogP) is 8.96. The third-order valence-electron chi connectivity index (χ3n) is 8.92. The first kappa shape index (κ1) is 30.6. The molecule has 3 heteroatoms. The molecule has 0 saturated carbocycles. The molecule has 0 N–H and O–H groups in total. The summed E-state index contributed by atoms with van der Waals surface area (Å²) < 4.78 is 0. The standard InChI is InChI=1S/C38H46O3/c1-5-12-31(33(6-2)36(40)21-27(4)39)23-30-24-35-34(20-19-26(3)38(35)37(41)25-30)32-18-11-17-29(22-32)16-10-15-28-13-8-7-9-14-28/h7-9,11,13-14,17-20,22,30-31,33H,5-6,10,12,15-16,21,23-25H2,1-4H3. The van der Waals surface area contributed by atoms with Crippen LogP contribution in [0.15, 0.2) is 66.7 Å². The molecule has 3 atom stereocenters. The molecule has 4 rings (SSSR count). The van der Waals surface area contributed by atoms with Gasteiger partial charge in [0.25, 0.3) is 0 Å². The molecule has 0 aromatic heterocycles. The normalized spacial score (nSPS) is 16.2. The van der Waals surface area contributed by atoms with Crippen LogP contribution < -0.4 is 0 Å². The van der Waals surface area contributed by atoms with Gasteiger partial charge in [-0.25, -0.2) is 0 Å². The molecule has 3 aromatic rings. The van der Waals surface area contributed by atoms with Gasteiger partial charge in [0.05, 0.1) is 6.42 Å². The van der Waals surface area contributed by atoms with Crippen molar-refractivity contribution in [3.63, 3.8) is 0 Å². The van der Waals surface area contributed by atoms with E-state index in [1.54, 1.807) is 0 Å². The minimum Gasteiger partial charge on any atom is -0.300 e. The zero-order valence-corrected chi connectivity index (χ0v) is 25.4. The number of rotatable bonds is 14. The van der Waals surface area contributed by atoms with Crippen LogP contribution in [0.5, 0.6) is 0 Å². The van der Waals surface area contributed by atoms with E-state index in [1.165, 1.54) is 34.7 Å². The molecule has 41 heavy (non-hydrogen) atoms. The molecule has 1 aliphatic carbocycles. The van der Waals surface area contributed by atoms with Gasteiger partial charge < -0.3 is 0 Å². The van der Waals surface area contributed by atoms with Gasteiger partial charge in [0.15, 0.2) is 5.78 Å². The third kappa shape index (κ3) is 7.91. The summed E-state index contributed by atoms with van der Waals surface area (Å²) in [4.78, 5) is 38.3. The van der Waals surface area contributed by atoms with Crippen LogP contribution in [0.1, 0.15) is 98.3 Å². The summed E-state index contributed by atoms with van der Waals surface area (Å²) in [6.45, 7) is 7.76. The zero-order valence-electron chi connectivity index (χ0n) is 25.4. The number of hydrogen-bond donors (Lipinski definition) is 0. The lowest BCUT2D eigenvalue weighted by Crippen LogP contribution is -2.30. The van der Waals surface area contributed by atoms with Crippen molar-refractivity contribution in [1.82, 2.24) is 0 Å². The van der Waals surface area contributed by atoms with Crippen molar-refractivity contribution < 1.29 is 14.4 Å². The van der Waals surface area contributed by atoms with Gasteiger partial charge >= 0.3 is 0 Å². The van der Waals surface area contributed by atoms with Crippen LogP contribution in [-0.2, 0) is 28.9 Å². The fraction of sp³-hybridized carbons (Fsp3) is 0.447. The van der Waals surface area contributed by atoms with Crippen molar-refractivity contribution in [3.8, 4) is 11.1 Å². The van der Waals surface area contributed by atoms with E-state index in [2.05, 4.69) is 80.6 Å². The molecular weight excluding hydrogens is 504 g/mol. The minimum absolute atomic E-state index is 0.0240. The Bertz CT molecular complexity index is 1350. The highest BCUT2D eigenvalue weighted by atomic mass is 16.1. The van der Waals surface area contributed by atoms with Gasteiger partial charge in [0, 0.05) is 17.9 Å². The second-order valence-corrected chi connectivity index (χ2v) is 12.2. The smallest absolute Gasteiger partial charge is 0.163 e. The van der Waals surface area contributed by atoms with E-state index in [0.29, 0.717) is 6.42 Å². The molecule has 0 spiro atoms. The van der Waals surface area contributed by atoms with Crippen LogP contribution in [0.3, 0.4) is 0 Å². The van der Waals surface area contributed by atoms with Crippen molar-refractivity contribution in [1.29, 1.82) is 0 Å². The van der Waals surface area contributed by atoms with E-state index in [4.69, 9.17) is 0 Å². The fourth-order valence-electron chi connectivity index (χ4n) is 7.05. The van der Waals surface area contributed by atoms with Gasteiger partial charge in [0.1, 0.15) is 11.6 Å². The highest BCUT2D eigenvalue weighted by molar-refractivity contribution is 6.02. The van der Waals surface area contributed by atoms with Crippen LogP contribution >= 0.6 is 0 Å². The Hall–Kier alpha value is -3.33. The first-order chi connectivity index (χ1) is 19.8. The molecule has 0 amide bonds.